The average molecular weight is 335 g/mol. The van der Waals surface area contributed by atoms with Crippen molar-refractivity contribution in [3.63, 3.8) is 0 Å². The van der Waals surface area contributed by atoms with Gasteiger partial charge in [0, 0.05) is 17.8 Å². The van der Waals surface area contributed by atoms with Crippen LogP contribution in [0.2, 0.25) is 0 Å². The van der Waals surface area contributed by atoms with Gasteiger partial charge in [0.2, 0.25) is 0 Å². The van der Waals surface area contributed by atoms with E-state index in [0.29, 0.717) is 30.4 Å². The van der Waals surface area contributed by atoms with Gasteiger partial charge in [-0.25, -0.2) is 8.78 Å². The van der Waals surface area contributed by atoms with Crippen molar-refractivity contribution in [3.05, 3.63) is 48.0 Å². The molecule has 24 heavy (non-hydrogen) atoms. The molecule has 1 heterocycles. The Balaban J connectivity index is 1.64. The Morgan fingerprint density at radius 2 is 1.83 bits per heavy atom. The molecule has 3 rings (SSSR count). The maximum absolute atomic E-state index is 13.2. The molecule has 2 aromatic carbocycles. The summed E-state index contributed by atoms with van der Waals surface area (Å²) in [6.07, 6.45) is -0.900. The van der Waals surface area contributed by atoms with E-state index in [1.54, 1.807) is 18.2 Å². The lowest BCUT2D eigenvalue weighted by Gasteiger charge is -2.19. The zero-order chi connectivity index (χ0) is 17.1. The van der Waals surface area contributed by atoms with E-state index in [1.807, 2.05) is 0 Å². The van der Waals surface area contributed by atoms with E-state index in [2.05, 4.69) is 5.32 Å². The molecule has 0 saturated heterocycles. The summed E-state index contributed by atoms with van der Waals surface area (Å²) in [5.74, 6) is -1.21. The molecule has 0 aromatic heterocycles. The molecule has 0 spiro atoms. The number of hydrogen-bond donors (Lipinski definition) is 1. The first-order valence-electron chi connectivity index (χ1n) is 7.35. The second kappa shape index (κ2) is 6.74. The van der Waals surface area contributed by atoms with Gasteiger partial charge >= 0.3 is 0 Å². The highest BCUT2D eigenvalue weighted by Gasteiger charge is 2.18. The Labute approximate surface area is 137 Å². The van der Waals surface area contributed by atoms with Crippen LogP contribution in [0.4, 0.5) is 14.5 Å². The second-order valence-corrected chi connectivity index (χ2v) is 5.18. The third kappa shape index (κ3) is 3.56. The number of rotatable bonds is 4. The lowest BCUT2D eigenvalue weighted by molar-refractivity contribution is -0.122. The minimum absolute atomic E-state index is 0.0683. The van der Waals surface area contributed by atoms with E-state index in [4.69, 9.17) is 14.2 Å². The molecule has 0 radical (unpaired) electrons. The van der Waals surface area contributed by atoms with Gasteiger partial charge in [-0.3, -0.25) is 4.79 Å². The molecule has 0 bridgehead atoms. The lowest BCUT2D eigenvalue weighted by atomic mass is 10.2. The van der Waals surface area contributed by atoms with E-state index < -0.39 is 23.6 Å². The van der Waals surface area contributed by atoms with Gasteiger partial charge < -0.3 is 19.5 Å². The predicted molar refractivity (Wildman–Crippen MR) is 82.5 cm³/mol. The molecule has 7 heteroatoms. The lowest BCUT2D eigenvalue weighted by Crippen LogP contribution is -2.30. The molecule has 1 amide bonds. The number of carbonyl (C=O) groups is 1. The van der Waals surface area contributed by atoms with Crippen LogP contribution < -0.4 is 19.5 Å². The average Bonchev–Trinajstić information content (AvgIpc) is 2.58. The van der Waals surface area contributed by atoms with E-state index in [1.165, 1.54) is 13.0 Å². The van der Waals surface area contributed by atoms with Crippen LogP contribution in [0.15, 0.2) is 36.4 Å². The Bertz CT molecular complexity index is 766. The van der Waals surface area contributed by atoms with E-state index in [-0.39, 0.29) is 5.75 Å². The monoisotopic (exact) mass is 335 g/mol. The van der Waals surface area contributed by atoms with Crippen molar-refractivity contribution in [2.75, 3.05) is 18.5 Å². The Kier molecular flexibility index (Phi) is 4.50. The van der Waals surface area contributed by atoms with Gasteiger partial charge in [0.15, 0.2) is 29.2 Å². The van der Waals surface area contributed by atoms with Gasteiger partial charge in [-0.05, 0) is 31.2 Å². The number of benzene rings is 2. The van der Waals surface area contributed by atoms with Crippen molar-refractivity contribution in [2.45, 2.75) is 13.0 Å². The summed E-state index contributed by atoms with van der Waals surface area (Å²) in [4.78, 5) is 12.2. The van der Waals surface area contributed by atoms with Crippen LogP contribution >= 0.6 is 0 Å². The van der Waals surface area contributed by atoms with Gasteiger partial charge in [0.25, 0.3) is 5.91 Å². The molecule has 2 aromatic rings. The molecule has 1 aliphatic rings. The van der Waals surface area contributed by atoms with Gasteiger partial charge in [0.1, 0.15) is 19.0 Å². The van der Waals surface area contributed by atoms with Gasteiger partial charge in [0.05, 0.1) is 0 Å². The SMILES string of the molecule is CC(Oc1ccc(F)c(F)c1)C(=O)Nc1ccc2c(c1)OCCO2. The molecular formula is C17H15F2NO4. The highest BCUT2D eigenvalue weighted by atomic mass is 19.2. The number of ether oxygens (including phenoxy) is 3. The third-order valence-electron chi connectivity index (χ3n) is 3.38. The van der Waals surface area contributed by atoms with E-state index >= 15 is 0 Å². The van der Waals surface area contributed by atoms with Gasteiger partial charge in [-0.2, -0.15) is 0 Å². The van der Waals surface area contributed by atoms with Gasteiger partial charge in [-0.15, -0.1) is 0 Å². The minimum Gasteiger partial charge on any atom is -0.486 e. The molecule has 0 fully saturated rings. The summed E-state index contributed by atoms with van der Waals surface area (Å²) in [5.41, 5.74) is 0.519. The van der Waals surface area contributed by atoms with Crippen molar-refractivity contribution in [1.29, 1.82) is 0 Å². The summed E-state index contributed by atoms with van der Waals surface area (Å²) in [7, 11) is 0. The maximum atomic E-state index is 13.2. The Morgan fingerprint density at radius 3 is 2.58 bits per heavy atom. The molecule has 126 valence electrons. The van der Waals surface area contributed by atoms with Crippen LogP contribution in [-0.4, -0.2) is 25.2 Å². The van der Waals surface area contributed by atoms with E-state index in [9.17, 15) is 13.6 Å². The van der Waals surface area contributed by atoms with Crippen LogP contribution in [-0.2, 0) is 4.79 Å². The van der Waals surface area contributed by atoms with Crippen LogP contribution in [0, 0.1) is 11.6 Å². The number of halogens is 2. The molecule has 1 N–H and O–H groups in total. The highest BCUT2D eigenvalue weighted by molar-refractivity contribution is 5.94. The van der Waals surface area contributed by atoms with Crippen LogP contribution in [0.1, 0.15) is 6.92 Å². The highest BCUT2D eigenvalue weighted by Crippen LogP contribution is 2.32. The summed E-state index contributed by atoms with van der Waals surface area (Å²) in [6.45, 7) is 2.44. The number of fused-ring (bicyclic) bond motifs is 1. The van der Waals surface area contributed by atoms with Crippen molar-refractivity contribution in [1.82, 2.24) is 0 Å². The fourth-order valence-corrected chi connectivity index (χ4v) is 2.17. The number of carbonyl (C=O) groups excluding carboxylic acids is 1. The van der Waals surface area contributed by atoms with Crippen LogP contribution in [0.5, 0.6) is 17.2 Å². The number of nitrogens with one attached hydrogen (secondary N) is 1. The summed E-state index contributed by atoms with van der Waals surface area (Å²) < 4.78 is 42.2. The molecule has 5 nitrogen and oxygen atoms in total. The van der Waals surface area contributed by atoms with Crippen molar-refractivity contribution < 1.29 is 27.8 Å². The molecule has 0 saturated carbocycles. The molecule has 1 atom stereocenters. The first kappa shape index (κ1) is 16.0. The van der Waals surface area contributed by atoms with Crippen LogP contribution in [0.3, 0.4) is 0 Å². The summed E-state index contributed by atoms with van der Waals surface area (Å²) in [5, 5.41) is 2.67. The number of amides is 1. The maximum Gasteiger partial charge on any atom is 0.265 e. The topological polar surface area (TPSA) is 56.8 Å². The number of anilines is 1. The van der Waals surface area contributed by atoms with Crippen molar-refractivity contribution in [3.8, 4) is 17.2 Å². The number of hydrogen-bond acceptors (Lipinski definition) is 4. The second-order valence-electron chi connectivity index (χ2n) is 5.18. The molecule has 1 unspecified atom stereocenters. The minimum atomic E-state index is -1.04. The normalized spacial score (nSPS) is 14.0. The molecular weight excluding hydrogens is 320 g/mol. The molecule has 0 aliphatic carbocycles. The van der Waals surface area contributed by atoms with Crippen LogP contribution in [0.25, 0.3) is 0 Å². The predicted octanol–water partition coefficient (Wildman–Crippen LogP) is 3.14. The zero-order valence-corrected chi connectivity index (χ0v) is 12.8. The Morgan fingerprint density at radius 1 is 1.08 bits per heavy atom. The van der Waals surface area contributed by atoms with Crippen molar-refractivity contribution >= 4 is 11.6 Å². The van der Waals surface area contributed by atoms with Gasteiger partial charge in [-0.1, -0.05) is 0 Å². The largest absolute Gasteiger partial charge is 0.486 e. The fourth-order valence-electron chi connectivity index (χ4n) is 2.17. The van der Waals surface area contributed by atoms with E-state index in [0.717, 1.165) is 12.1 Å². The standard InChI is InChI=1S/C17H15F2NO4/c1-10(24-12-3-4-13(18)14(19)9-12)17(21)20-11-2-5-15-16(8-11)23-7-6-22-15/h2-5,8-10H,6-7H2,1H3,(H,20,21). The summed E-state index contributed by atoms with van der Waals surface area (Å²) >= 11 is 0. The third-order valence-corrected chi connectivity index (χ3v) is 3.38. The first-order chi connectivity index (χ1) is 11.5. The Hall–Kier alpha value is -2.83. The smallest absolute Gasteiger partial charge is 0.265 e. The summed E-state index contributed by atoms with van der Waals surface area (Å²) in [6, 6.07) is 8.11. The fraction of sp³-hybridized carbons (Fsp3) is 0.235. The quantitative estimate of drug-likeness (QED) is 0.933. The zero-order valence-electron chi connectivity index (χ0n) is 12.8. The molecule has 1 aliphatic heterocycles. The first-order valence-corrected chi connectivity index (χ1v) is 7.35. The van der Waals surface area contributed by atoms with Crippen molar-refractivity contribution in [2.24, 2.45) is 0 Å².